The SMILES string of the molecule is N=C(N)n1nc(-c2ccc(Cl)c(Cl)c2)c2c1NCC2. The lowest BCUT2D eigenvalue weighted by Crippen LogP contribution is -2.23. The van der Waals surface area contributed by atoms with Crippen LogP contribution in [0.2, 0.25) is 10.0 Å². The highest BCUT2D eigenvalue weighted by atomic mass is 35.5. The Hall–Kier alpha value is -1.72. The van der Waals surface area contributed by atoms with Crippen LogP contribution >= 0.6 is 23.2 Å². The molecule has 5 nitrogen and oxygen atoms in total. The van der Waals surface area contributed by atoms with Crippen LogP contribution in [0, 0.1) is 5.41 Å². The predicted molar refractivity (Wildman–Crippen MR) is 77.2 cm³/mol. The minimum Gasteiger partial charge on any atom is -0.369 e. The van der Waals surface area contributed by atoms with Crippen molar-refractivity contribution in [2.75, 3.05) is 11.9 Å². The molecular formula is C12H11Cl2N5. The van der Waals surface area contributed by atoms with Gasteiger partial charge in [0.05, 0.1) is 15.7 Å². The monoisotopic (exact) mass is 295 g/mol. The maximum absolute atomic E-state index is 7.55. The average Bonchev–Trinajstić information content (AvgIpc) is 2.93. The molecule has 2 aromatic rings. The zero-order valence-electron chi connectivity index (χ0n) is 9.87. The van der Waals surface area contributed by atoms with E-state index in [1.807, 2.05) is 6.07 Å². The number of anilines is 1. The fraction of sp³-hybridized carbons (Fsp3) is 0.167. The van der Waals surface area contributed by atoms with Gasteiger partial charge in [0.2, 0.25) is 5.96 Å². The number of benzene rings is 1. The van der Waals surface area contributed by atoms with Crippen LogP contribution in [0.25, 0.3) is 11.3 Å². The first-order chi connectivity index (χ1) is 9.08. The normalized spacial score (nSPS) is 13.2. The van der Waals surface area contributed by atoms with E-state index in [-0.39, 0.29) is 5.96 Å². The van der Waals surface area contributed by atoms with Crippen molar-refractivity contribution in [1.29, 1.82) is 5.41 Å². The standard InChI is InChI=1S/C12H11Cl2N5/c13-8-2-1-6(5-9(8)14)10-7-3-4-17-11(7)19(18-10)12(15)16/h1-2,5,17H,3-4H2,(H3,15,16). The molecule has 98 valence electrons. The number of nitrogens with two attached hydrogens (primary N) is 1. The molecule has 4 N–H and O–H groups in total. The van der Waals surface area contributed by atoms with E-state index in [2.05, 4.69) is 10.4 Å². The van der Waals surface area contributed by atoms with Crippen LogP contribution in [-0.4, -0.2) is 22.3 Å². The molecule has 0 unspecified atom stereocenters. The van der Waals surface area contributed by atoms with Crippen molar-refractivity contribution < 1.29 is 0 Å². The number of fused-ring (bicyclic) bond motifs is 1. The number of nitrogens with one attached hydrogen (secondary N) is 2. The van der Waals surface area contributed by atoms with Gasteiger partial charge in [0, 0.05) is 17.7 Å². The summed E-state index contributed by atoms with van der Waals surface area (Å²) in [7, 11) is 0. The van der Waals surface area contributed by atoms with E-state index in [1.165, 1.54) is 4.68 Å². The van der Waals surface area contributed by atoms with Gasteiger partial charge in [-0.15, -0.1) is 0 Å². The summed E-state index contributed by atoms with van der Waals surface area (Å²) in [4.78, 5) is 0. The van der Waals surface area contributed by atoms with Crippen LogP contribution in [-0.2, 0) is 6.42 Å². The molecule has 0 radical (unpaired) electrons. The van der Waals surface area contributed by atoms with Gasteiger partial charge in [-0.2, -0.15) is 9.78 Å². The van der Waals surface area contributed by atoms with Crippen molar-refractivity contribution in [2.45, 2.75) is 6.42 Å². The second-order valence-electron chi connectivity index (χ2n) is 4.28. The van der Waals surface area contributed by atoms with E-state index in [0.29, 0.717) is 10.0 Å². The van der Waals surface area contributed by atoms with Crippen molar-refractivity contribution in [3.8, 4) is 11.3 Å². The molecular weight excluding hydrogens is 285 g/mol. The molecule has 3 rings (SSSR count). The third-order valence-electron chi connectivity index (χ3n) is 3.07. The fourth-order valence-corrected chi connectivity index (χ4v) is 2.52. The molecule has 1 aromatic carbocycles. The molecule has 2 heterocycles. The Labute approximate surface area is 119 Å². The van der Waals surface area contributed by atoms with Crippen molar-refractivity contribution in [2.24, 2.45) is 5.73 Å². The second-order valence-corrected chi connectivity index (χ2v) is 5.09. The van der Waals surface area contributed by atoms with Gasteiger partial charge in [-0.1, -0.05) is 29.3 Å². The highest BCUT2D eigenvalue weighted by Gasteiger charge is 2.24. The van der Waals surface area contributed by atoms with Crippen molar-refractivity contribution in [1.82, 2.24) is 9.78 Å². The second kappa shape index (κ2) is 4.43. The van der Waals surface area contributed by atoms with Gasteiger partial charge in [-0.05, 0) is 18.6 Å². The highest BCUT2D eigenvalue weighted by Crippen LogP contribution is 2.35. The maximum atomic E-state index is 7.55. The predicted octanol–water partition coefficient (Wildman–Crippen LogP) is 2.57. The molecule has 0 saturated carbocycles. The van der Waals surface area contributed by atoms with Crippen molar-refractivity contribution >= 4 is 35.0 Å². The Morgan fingerprint density at radius 2 is 2.16 bits per heavy atom. The third kappa shape index (κ3) is 1.95. The van der Waals surface area contributed by atoms with E-state index < -0.39 is 0 Å². The number of rotatable bonds is 1. The Kier molecular flexibility index (Phi) is 2.88. The van der Waals surface area contributed by atoms with Gasteiger partial charge < -0.3 is 11.1 Å². The number of halogens is 2. The molecule has 7 heteroatoms. The number of nitrogen functional groups attached to an aromatic ring is 1. The molecule has 0 aliphatic carbocycles. The summed E-state index contributed by atoms with van der Waals surface area (Å²) in [5, 5.41) is 16.1. The van der Waals surface area contributed by atoms with Crippen LogP contribution in [0.15, 0.2) is 18.2 Å². The van der Waals surface area contributed by atoms with Crippen LogP contribution in [0.4, 0.5) is 5.82 Å². The Bertz CT molecular complexity index is 677. The first-order valence-electron chi connectivity index (χ1n) is 5.73. The number of aromatic nitrogens is 2. The summed E-state index contributed by atoms with van der Waals surface area (Å²) in [6, 6.07) is 5.37. The van der Waals surface area contributed by atoms with Crippen LogP contribution in [0.5, 0.6) is 0 Å². The van der Waals surface area contributed by atoms with Crippen LogP contribution in [0.3, 0.4) is 0 Å². The largest absolute Gasteiger partial charge is 0.369 e. The molecule has 0 spiro atoms. The van der Waals surface area contributed by atoms with E-state index in [1.54, 1.807) is 12.1 Å². The average molecular weight is 296 g/mol. The zero-order chi connectivity index (χ0) is 13.6. The summed E-state index contributed by atoms with van der Waals surface area (Å²) < 4.78 is 1.40. The van der Waals surface area contributed by atoms with Gasteiger partial charge in [-0.25, -0.2) is 0 Å². The summed E-state index contributed by atoms with van der Waals surface area (Å²) in [5.74, 6) is 0.672. The fourth-order valence-electron chi connectivity index (χ4n) is 2.22. The smallest absolute Gasteiger partial charge is 0.215 e. The van der Waals surface area contributed by atoms with Gasteiger partial charge in [0.15, 0.2) is 0 Å². The molecule has 1 aliphatic heterocycles. The third-order valence-corrected chi connectivity index (χ3v) is 3.81. The molecule has 0 bridgehead atoms. The van der Waals surface area contributed by atoms with Crippen LogP contribution in [0.1, 0.15) is 5.56 Å². The van der Waals surface area contributed by atoms with Gasteiger partial charge in [-0.3, -0.25) is 5.41 Å². The van der Waals surface area contributed by atoms with E-state index in [4.69, 9.17) is 34.3 Å². The Balaban J connectivity index is 2.18. The highest BCUT2D eigenvalue weighted by molar-refractivity contribution is 6.42. The van der Waals surface area contributed by atoms with Gasteiger partial charge in [0.1, 0.15) is 5.82 Å². The maximum Gasteiger partial charge on any atom is 0.215 e. The quantitative estimate of drug-likeness (QED) is 0.559. The molecule has 1 aromatic heterocycles. The Morgan fingerprint density at radius 1 is 1.37 bits per heavy atom. The number of hydrogen-bond acceptors (Lipinski definition) is 3. The zero-order valence-corrected chi connectivity index (χ0v) is 11.4. The van der Waals surface area contributed by atoms with E-state index >= 15 is 0 Å². The molecule has 0 fully saturated rings. The van der Waals surface area contributed by atoms with Gasteiger partial charge in [0.25, 0.3) is 0 Å². The molecule has 1 aliphatic rings. The van der Waals surface area contributed by atoms with Crippen molar-refractivity contribution in [3.63, 3.8) is 0 Å². The summed E-state index contributed by atoms with van der Waals surface area (Å²) >= 11 is 12.0. The first kappa shape index (κ1) is 12.3. The first-order valence-corrected chi connectivity index (χ1v) is 6.49. The number of nitrogens with zero attached hydrogens (tertiary/aromatic N) is 2. The summed E-state index contributed by atoms with van der Waals surface area (Å²) in [6.07, 6.45) is 0.845. The number of hydrogen-bond donors (Lipinski definition) is 3. The lowest BCUT2D eigenvalue weighted by atomic mass is 10.1. The topological polar surface area (TPSA) is 79.7 Å². The van der Waals surface area contributed by atoms with E-state index in [0.717, 1.165) is 35.6 Å². The van der Waals surface area contributed by atoms with Crippen molar-refractivity contribution in [3.05, 3.63) is 33.8 Å². The molecule has 0 saturated heterocycles. The minimum atomic E-state index is -0.114. The summed E-state index contributed by atoms with van der Waals surface area (Å²) in [6.45, 7) is 0.814. The molecule has 19 heavy (non-hydrogen) atoms. The minimum absolute atomic E-state index is 0.114. The molecule has 0 atom stereocenters. The van der Waals surface area contributed by atoms with E-state index in [9.17, 15) is 0 Å². The van der Waals surface area contributed by atoms with Crippen LogP contribution < -0.4 is 11.1 Å². The van der Waals surface area contributed by atoms with Gasteiger partial charge >= 0.3 is 0 Å². The summed E-state index contributed by atoms with van der Waals surface area (Å²) in [5.41, 5.74) is 8.23. The lowest BCUT2D eigenvalue weighted by Gasteiger charge is -2.03. The molecule has 0 amide bonds. The Morgan fingerprint density at radius 3 is 2.84 bits per heavy atom. The lowest BCUT2D eigenvalue weighted by molar-refractivity contribution is 0.910.